The van der Waals surface area contributed by atoms with Gasteiger partial charge in [0.05, 0.1) is 27.4 Å². The lowest BCUT2D eigenvalue weighted by molar-refractivity contribution is -0.146. The van der Waals surface area contributed by atoms with Crippen molar-refractivity contribution in [1.29, 1.82) is 0 Å². The number of nitrogens with one attached hydrogen (secondary N) is 1. The van der Waals surface area contributed by atoms with Crippen LogP contribution in [0.5, 0.6) is 5.75 Å². The summed E-state index contributed by atoms with van der Waals surface area (Å²) >= 11 is 0. The van der Waals surface area contributed by atoms with Crippen molar-refractivity contribution in [2.24, 2.45) is 0 Å². The number of hydrogen-bond donors (Lipinski definition) is 2. The van der Waals surface area contributed by atoms with Gasteiger partial charge in [-0.25, -0.2) is 4.79 Å². The van der Waals surface area contributed by atoms with Crippen molar-refractivity contribution in [3.05, 3.63) is 29.8 Å². The molecule has 0 aliphatic heterocycles. The van der Waals surface area contributed by atoms with Crippen molar-refractivity contribution in [2.45, 2.75) is 12.6 Å². The van der Waals surface area contributed by atoms with Gasteiger partial charge in [-0.1, -0.05) is 12.1 Å². The lowest BCUT2D eigenvalue weighted by Crippen LogP contribution is -2.45. The van der Waals surface area contributed by atoms with Crippen molar-refractivity contribution in [1.82, 2.24) is 5.32 Å². The van der Waals surface area contributed by atoms with Gasteiger partial charge in [0.15, 0.2) is 6.04 Å². The summed E-state index contributed by atoms with van der Waals surface area (Å²) < 4.78 is 14.7. The minimum atomic E-state index is -1.08. The average molecular weight is 297 g/mol. The third-order valence-electron chi connectivity index (χ3n) is 2.66. The van der Waals surface area contributed by atoms with Crippen LogP contribution in [-0.2, 0) is 25.7 Å². The molecular formula is C14H19NO6. The van der Waals surface area contributed by atoms with E-state index in [4.69, 9.17) is 14.6 Å². The molecule has 0 aromatic heterocycles. The number of esters is 1. The van der Waals surface area contributed by atoms with E-state index >= 15 is 0 Å². The number of hydrogen-bond acceptors (Lipinski definition) is 6. The van der Waals surface area contributed by atoms with Gasteiger partial charge in [0.2, 0.25) is 5.91 Å². The lowest BCUT2D eigenvalue weighted by atomic mass is 10.2. The van der Waals surface area contributed by atoms with Gasteiger partial charge in [-0.3, -0.25) is 4.79 Å². The highest BCUT2D eigenvalue weighted by atomic mass is 16.5. The second-order valence-electron chi connectivity index (χ2n) is 4.17. The first-order valence-electron chi connectivity index (χ1n) is 6.29. The molecule has 0 heterocycles. The maximum Gasteiger partial charge on any atom is 0.330 e. The summed E-state index contributed by atoms with van der Waals surface area (Å²) in [6.07, 6.45) is 0. The molecule has 0 spiro atoms. The largest absolute Gasteiger partial charge is 0.497 e. The molecule has 7 nitrogen and oxygen atoms in total. The number of ether oxygens (including phenoxy) is 3. The van der Waals surface area contributed by atoms with Gasteiger partial charge in [-0.15, -0.1) is 0 Å². The van der Waals surface area contributed by atoms with E-state index in [9.17, 15) is 9.59 Å². The van der Waals surface area contributed by atoms with Crippen LogP contribution < -0.4 is 10.1 Å². The van der Waals surface area contributed by atoms with E-state index in [-0.39, 0.29) is 13.2 Å². The van der Waals surface area contributed by atoms with Gasteiger partial charge in [0, 0.05) is 0 Å². The van der Waals surface area contributed by atoms with Crippen LogP contribution in [0.4, 0.5) is 0 Å². The molecule has 1 aromatic rings. The van der Waals surface area contributed by atoms with Crippen molar-refractivity contribution in [3.63, 3.8) is 0 Å². The van der Waals surface area contributed by atoms with Crippen molar-refractivity contribution in [2.75, 3.05) is 27.4 Å². The monoisotopic (exact) mass is 297 g/mol. The fraction of sp³-hybridized carbons (Fsp3) is 0.429. The first-order chi connectivity index (χ1) is 10.1. The fourth-order valence-corrected chi connectivity index (χ4v) is 1.54. The number of aliphatic hydroxyl groups is 1. The minimum absolute atomic E-state index is 0.223. The van der Waals surface area contributed by atoms with Gasteiger partial charge in [-0.2, -0.15) is 0 Å². The van der Waals surface area contributed by atoms with Crippen LogP contribution in [0.1, 0.15) is 5.56 Å². The Kier molecular flexibility index (Phi) is 7.20. The molecule has 1 amide bonds. The number of aliphatic hydroxyl groups excluding tert-OH is 1. The Morgan fingerprint density at radius 3 is 2.43 bits per heavy atom. The van der Waals surface area contributed by atoms with Crippen LogP contribution in [0.15, 0.2) is 24.3 Å². The van der Waals surface area contributed by atoms with Gasteiger partial charge in [-0.05, 0) is 17.7 Å². The summed E-state index contributed by atoms with van der Waals surface area (Å²) in [4.78, 5) is 22.7. The number of carbonyl (C=O) groups excluding carboxylic acids is 2. The molecular weight excluding hydrogens is 278 g/mol. The number of methoxy groups -OCH3 is 2. The maximum absolute atomic E-state index is 11.5. The Morgan fingerprint density at radius 1 is 1.24 bits per heavy atom. The lowest BCUT2D eigenvalue weighted by Gasteiger charge is -2.13. The predicted molar refractivity (Wildman–Crippen MR) is 73.7 cm³/mol. The van der Waals surface area contributed by atoms with E-state index in [2.05, 4.69) is 10.1 Å². The molecule has 0 saturated carbocycles. The van der Waals surface area contributed by atoms with Crippen LogP contribution in [0.2, 0.25) is 0 Å². The zero-order valence-electron chi connectivity index (χ0n) is 12.0. The molecule has 116 valence electrons. The normalized spacial score (nSPS) is 11.6. The Hall–Kier alpha value is -2.12. The Bertz CT molecular complexity index is 459. The van der Waals surface area contributed by atoms with Crippen molar-refractivity contribution < 1.29 is 28.9 Å². The fourth-order valence-electron chi connectivity index (χ4n) is 1.54. The van der Waals surface area contributed by atoms with Gasteiger partial charge >= 0.3 is 5.97 Å². The summed E-state index contributed by atoms with van der Waals surface area (Å²) in [5.74, 6) is -0.477. The van der Waals surface area contributed by atoms with E-state index in [1.54, 1.807) is 19.2 Å². The molecule has 21 heavy (non-hydrogen) atoms. The SMILES string of the molecule is COC(=O)C(CO)NC(=O)COCc1ccc(OC)cc1. The number of rotatable bonds is 8. The topological polar surface area (TPSA) is 94.1 Å². The molecule has 0 aliphatic carbocycles. The molecule has 1 unspecified atom stereocenters. The van der Waals surface area contributed by atoms with Gasteiger partial charge in [0.1, 0.15) is 12.4 Å². The van der Waals surface area contributed by atoms with Gasteiger partial charge < -0.3 is 24.6 Å². The number of benzene rings is 1. The van der Waals surface area contributed by atoms with E-state index < -0.39 is 24.5 Å². The summed E-state index contributed by atoms with van der Waals surface area (Å²) in [7, 11) is 2.76. The van der Waals surface area contributed by atoms with Crippen molar-refractivity contribution >= 4 is 11.9 Å². The zero-order valence-corrected chi connectivity index (χ0v) is 12.0. The average Bonchev–Trinajstić information content (AvgIpc) is 2.52. The molecule has 1 aromatic carbocycles. The van der Waals surface area contributed by atoms with E-state index in [1.807, 2.05) is 12.1 Å². The van der Waals surface area contributed by atoms with Gasteiger partial charge in [0.25, 0.3) is 0 Å². The predicted octanol–water partition coefficient (Wildman–Crippen LogP) is -0.138. The summed E-state index contributed by atoms with van der Waals surface area (Å²) in [5.41, 5.74) is 0.885. The maximum atomic E-state index is 11.5. The Balaban J connectivity index is 2.33. The smallest absolute Gasteiger partial charge is 0.330 e. The van der Waals surface area contributed by atoms with Crippen LogP contribution >= 0.6 is 0 Å². The summed E-state index contributed by atoms with van der Waals surface area (Å²) in [5, 5.41) is 11.3. The quantitative estimate of drug-likeness (QED) is 0.649. The molecule has 0 fully saturated rings. The third kappa shape index (κ3) is 5.80. The molecule has 1 atom stereocenters. The molecule has 7 heteroatoms. The van der Waals surface area contributed by atoms with Crippen LogP contribution in [-0.4, -0.2) is 50.5 Å². The van der Waals surface area contributed by atoms with Crippen LogP contribution in [0.3, 0.4) is 0 Å². The first kappa shape index (κ1) is 16.9. The van der Waals surface area contributed by atoms with Crippen LogP contribution in [0.25, 0.3) is 0 Å². The number of amides is 1. The highest BCUT2D eigenvalue weighted by Gasteiger charge is 2.20. The Labute approximate surface area is 122 Å². The third-order valence-corrected chi connectivity index (χ3v) is 2.66. The number of carbonyl (C=O) groups is 2. The second kappa shape index (κ2) is 8.93. The molecule has 0 bridgehead atoms. The van der Waals surface area contributed by atoms with E-state index in [0.29, 0.717) is 0 Å². The summed E-state index contributed by atoms with van der Waals surface area (Å²) in [6, 6.07) is 6.14. The second-order valence-corrected chi connectivity index (χ2v) is 4.17. The van der Waals surface area contributed by atoms with E-state index in [1.165, 1.54) is 7.11 Å². The molecule has 0 saturated heterocycles. The zero-order chi connectivity index (χ0) is 15.7. The standard InChI is InChI=1S/C14H19NO6/c1-19-11-5-3-10(4-6-11)8-21-9-13(17)15-12(7-16)14(18)20-2/h3-6,12,16H,7-9H2,1-2H3,(H,15,17). The molecule has 0 aliphatic rings. The highest BCUT2D eigenvalue weighted by Crippen LogP contribution is 2.11. The van der Waals surface area contributed by atoms with Crippen molar-refractivity contribution in [3.8, 4) is 5.75 Å². The minimum Gasteiger partial charge on any atom is -0.497 e. The molecule has 1 rings (SSSR count). The Morgan fingerprint density at radius 2 is 1.90 bits per heavy atom. The molecule has 2 N–H and O–H groups in total. The highest BCUT2D eigenvalue weighted by molar-refractivity contribution is 5.85. The first-order valence-corrected chi connectivity index (χ1v) is 6.29. The van der Waals surface area contributed by atoms with Crippen LogP contribution in [0, 0.1) is 0 Å². The molecule has 0 radical (unpaired) electrons. The van der Waals surface area contributed by atoms with E-state index in [0.717, 1.165) is 11.3 Å². The summed E-state index contributed by atoms with van der Waals surface area (Å²) in [6.45, 7) is -0.504.